The van der Waals surface area contributed by atoms with Crippen molar-refractivity contribution >= 4 is 112 Å². The minimum Gasteiger partial charge on any atom is -0.304 e. The van der Waals surface area contributed by atoms with Gasteiger partial charge in [-0.1, -0.05) is 29.6 Å². The topological polar surface area (TPSA) is 120 Å². The molecule has 0 aromatic carbocycles. The summed E-state index contributed by atoms with van der Waals surface area (Å²) in [5.74, 6) is -2.43. The van der Waals surface area contributed by atoms with E-state index in [1.165, 1.54) is 22.7 Å². The Morgan fingerprint density at radius 1 is 0.809 bits per heavy atom. The smallest absolute Gasteiger partial charge is 0.304 e. The Hall–Kier alpha value is -1.94. The molecule has 9 nitrogen and oxygen atoms in total. The quantitative estimate of drug-likeness (QED) is 0.183. The molecule has 2 aromatic heterocycles. The first kappa shape index (κ1) is 39.5. The highest BCUT2D eigenvalue weighted by Crippen LogP contribution is 2.46. The van der Waals surface area contributed by atoms with Crippen LogP contribution in [0.25, 0.3) is 0 Å². The molecule has 5 rings (SSSR count). The van der Waals surface area contributed by atoms with Crippen molar-refractivity contribution in [1.29, 1.82) is 0 Å². The summed E-state index contributed by atoms with van der Waals surface area (Å²) in [4.78, 5) is 54.0. The summed E-state index contributed by atoms with van der Waals surface area (Å²) in [6.07, 6.45) is -8.52. The zero-order valence-electron chi connectivity index (χ0n) is 24.6. The van der Waals surface area contributed by atoms with Crippen LogP contribution >= 0.6 is 78.3 Å². The van der Waals surface area contributed by atoms with Gasteiger partial charge in [0, 0.05) is 22.6 Å². The van der Waals surface area contributed by atoms with Crippen molar-refractivity contribution < 1.29 is 45.5 Å². The van der Waals surface area contributed by atoms with Gasteiger partial charge in [0.05, 0.1) is 32.0 Å². The second-order valence-electron chi connectivity index (χ2n) is 10.1. The van der Waals surface area contributed by atoms with E-state index in [-0.39, 0.29) is 34.2 Å². The third-order valence-corrected chi connectivity index (χ3v) is 12.6. The van der Waals surface area contributed by atoms with Gasteiger partial charge in [0.15, 0.2) is 19.8 Å². The van der Waals surface area contributed by atoms with Gasteiger partial charge in [-0.05, 0) is 67.2 Å². The molecule has 0 aliphatic carbocycles. The summed E-state index contributed by atoms with van der Waals surface area (Å²) in [6.45, 7) is 5.27. The minimum atomic E-state index is -4.62. The lowest BCUT2D eigenvalue weighted by atomic mass is 10.1. The van der Waals surface area contributed by atoms with Crippen LogP contribution in [0.5, 0.6) is 0 Å². The number of halogens is 8. The van der Waals surface area contributed by atoms with Gasteiger partial charge in [-0.25, -0.2) is 3.93 Å². The molecule has 3 aliphatic heterocycles. The number of imide groups is 1. The Morgan fingerprint density at radius 3 is 1.55 bits per heavy atom. The fraction of sp³-hybridized carbons (Fsp3) is 0.462. The molecule has 4 amide bonds. The lowest BCUT2D eigenvalue weighted by Crippen LogP contribution is -2.46. The number of nitrogens with zero attached hydrogens (tertiary/aromatic N) is 3. The molecule has 3 fully saturated rings. The molecule has 21 heteroatoms. The number of carbonyl (C=O) groups is 4. The molecule has 3 saturated heterocycles. The zero-order valence-corrected chi connectivity index (χ0v) is 31.0. The number of thioether (sulfide) groups is 2. The summed E-state index contributed by atoms with van der Waals surface area (Å²) in [7, 11) is 0. The third-order valence-electron chi connectivity index (χ3n) is 6.56. The number of carbonyl (C=O) groups excluding carboxylic acids is 4. The number of hydrogen-bond acceptors (Lipinski definition) is 10. The van der Waals surface area contributed by atoms with Crippen molar-refractivity contribution in [3.8, 4) is 0 Å². The Morgan fingerprint density at radius 2 is 1.26 bits per heavy atom. The summed E-state index contributed by atoms with van der Waals surface area (Å²) < 4.78 is 74.2. The van der Waals surface area contributed by atoms with Crippen LogP contribution in [0.4, 0.5) is 26.3 Å². The van der Waals surface area contributed by atoms with Crippen LogP contribution in [0.3, 0.4) is 0 Å². The van der Waals surface area contributed by atoms with E-state index < -0.39 is 33.7 Å². The normalized spacial score (nSPS) is 26.1. The summed E-state index contributed by atoms with van der Waals surface area (Å²) in [5, 5.41) is 6.30. The maximum absolute atomic E-state index is 12.9. The van der Waals surface area contributed by atoms with Crippen LogP contribution in [0.15, 0.2) is 43.4 Å². The number of thiophene rings is 2. The SMILES string of the molecule is CC(N=C1NC(=O)C(C)(C(F)(F)F)S1)c1ccc(Br)s1.CC(N=C1NC(=O)C(C)(C(F)(F)F)S1)c1cccs1.O=C1CCC(=O)N1Br. The van der Waals surface area contributed by atoms with Crippen molar-refractivity contribution in [3.63, 3.8) is 0 Å². The standard InChI is InChI=1S/C11H10BrF3N2OS2.C11H11F3N2OS2.C4H4BrNO2/c1-5(6-3-4-7(12)19-6)16-9-17-8(18)10(2,20-9)11(13,14)15;1-6(7-4-3-5-18-7)15-9-16-8(17)10(2,19-9)11(12,13)14;5-6-3(7)1-2-4(6)8/h3-5H,1-2H3,(H,16,17,18);3-6H,1-2H3,(H,15,16,17);1-2H2. The van der Waals surface area contributed by atoms with Crippen LogP contribution < -0.4 is 10.6 Å². The number of amidine groups is 2. The Kier molecular flexibility index (Phi) is 12.9. The molecular weight excluding hydrogens is 848 g/mol. The van der Waals surface area contributed by atoms with E-state index in [9.17, 15) is 45.5 Å². The first-order valence-electron chi connectivity index (χ1n) is 13.2. The lowest BCUT2D eigenvalue weighted by Gasteiger charge is -2.21. The second kappa shape index (κ2) is 15.3. The average Bonchev–Trinajstić information content (AvgIpc) is 3.78. The number of nitrogens with one attached hydrogen (secondary N) is 2. The van der Waals surface area contributed by atoms with E-state index in [1.807, 2.05) is 29.6 Å². The first-order chi connectivity index (χ1) is 21.6. The van der Waals surface area contributed by atoms with Crippen molar-refractivity contribution in [2.45, 2.75) is 74.5 Å². The van der Waals surface area contributed by atoms with E-state index in [0.717, 1.165) is 31.3 Å². The molecule has 47 heavy (non-hydrogen) atoms. The monoisotopic (exact) mass is 871 g/mol. The van der Waals surface area contributed by atoms with Crippen molar-refractivity contribution in [3.05, 3.63) is 43.2 Å². The number of amides is 4. The molecule has 0 radical (unpaired) electrons. The molecule has 2 N–H and O–H groups in total. The van der Waals surface area contributed by atoms with Gasteiger partial charge in [0.2, 0.25) is 11.8 Å². The lowest BCUT2D eigenvalue weighted by molar-refractivity contribution is -0.167. The maximum Gasteiger partial charge on any atom is 0.412 e. The third kappa shape index (κ3) is 9.40. The molecule has 4 atom stereocenters. The molecule has 3 aliphatic rings. The molecule has 2 aromatic rings. The van der Waals surface area contributed by atoms with Crippen LogP contribution in [-0.4, -0.2) is 59.7 Å². The number of rotatable bonds is 4. The van der Waals surface area contributed by atoms with Gasteiger partial charge in [-0.15, -0.1) is 22.7 Å². The van der Waals surface area contributed by atoms with Gasteiger partial charge in [0.25, 0.3) is 11.8 Å². The number of alkyl halides is 6. The molecule has 0 bridgehead atoms. The van der Waals surface area contributed by atoms with Crippen molar-refractivity contribution in [2.75, 3.05) is 0 Å². The first-order valence-corrected chi connectivity index (χ1v) is 18.0. The van der Waals surface area contributed by atoms with E-state index in [2.05, 4.69) is 52.7 Å². The highest BCUT2D eigenvalue weighted by Gasteiger charge is 2.62. The van der Waals surface area contributed by atoms with Crippen LogP contribution in [0.1, 0.15) is 62.4 Å². The molecule has 5 heterocycles. The summed E-state index contributed by atoms with van der Waals surface area (Å²) in [6, 6.07) is 6.79. The fourth-order valence-corrected chi connectivity index (χ4v) is 8.05. The van der Waals surface area contributed by atoms with Crippen LogP contribution in [-0.2, 0) is 19.2 Å². The summed E-state index contributed by atoms with van der Waals surface area (Å²) in [5.41, 5.74) is 0. The van der Waals surface area contributed by atoms with Crippen molar-refractivity contribution in [2.24, 2.45) is 9.98 Å². The van der Waals surface area contributed by atoms with E-state index >= 15 is 0 Å². The molecular formula is C26H25Br2F6N5O4S4. The molecule has 258 valence electrons. The maximum atomic E-state index is 12.9. The van der Waals surface area contributed by atoms with Crippen molar-refractivity contribution in [1.82, 2.24) is 14.6 Å². The average molecular weight is 874 g/mol. The zero-order chi connectivity index (χ0) is 35.5. The largest absolute Gasteiger partial charge is 0.412 e. The summed E-state index contributed by atoms with van der Waals surface area (Å²) >= 11 is 9.87. The number of hydrogen-bond donors (Lipinski definition) is 2. The van der Waals surface area contributed by atoms with E-state index in [1.54, 1.807) is 13.8 Å². The van der Waals surface area contributed by atoms with Gasteiger partial charge in [-0.2, -0.15) is 26.3 Å². The van der Waals surface area contributed by atoms with Gasteiger partial charge in [-0.3, -0.25) is 29.2 Å². The Balaban J connectivity index is 0.000000208. The predicted octanol–water partition coefficient (Wildman–Crippen LogP) is 7.91. The van der Waals surface area contributed by atoms with Crippen LogP contribution in [0.2, 0.25) is 0 Å². The molecule has 0 spiro atoms. The Labute approximate surface area is 298 Å². The fourth-order valence-electron chi connectivity index (χ4n) is 3.56. The molecule has 4 unspecified atom stereocenters. The van der Waals surface area contributed by atoms with Gasteiger partial charge < -0.3 is 10.6 Å². The highest BCUT2D eigenvalue weighted by molar-refractivity contribution is 9.11. The van der Waals surface area contributed by atoms with Gasteiger partial charge >= 0.3 is 12.4 Å². The Bertz CT molecular complexity index is 1550. The minimum absolute atomic E-state index is 0.00634. The number of aliphatic imine (C=N–C) groups is 2. The predicted molar refractivity (Wildman–Crippen MR) is 178 cm³/mol. The second-order valence-corrected chi connectivity index (χ2v) is 17.1. The van der Waals surface area contributed by atoms with Crippen LogP contribution in [0, 0.1) is 0 Å². The highest BCUT2D eigenvalue weighted by atomic mass is 79.9. The van der Waals surface area contributed by atoms with E-state index in [4.69, 9.17) is 0 Å². The van der Waals surface area contributed by atoms with Gasteiger partial charge in [0.1, 0.15) is 0 Å². The molecule has 0 saturated carbocycles. The van der Waals surface area contributed by atoms with E-state index in [0.29, 0.717) is 36.4 Å².